The van der Waals surface area contributed by atoms with Crippen LogP contribution in [0.2, 0.25) is 0 Å². The van der Waals surface area contributed by atoms with E-state index in [2.05, 4.69) is 22.0 Å². The van der Waals surface area contributed by atoms with Crippen LogP contribution in [0.15, 0.2) is 40.9 Å². The lowest BCUT2D eigenvalue weighted by Crippen LogP contribution is -1.93. The first-order valence-corrected chi connectivity index (χ1v) is 6.13. The van der Waals surface area contributed by atoms with E-state index >= 15 is 0 Å². The van der Waals surface area contributed by atoms with Crippen molar-refractivity contribution in [2.45, 2.75) is 6.92 Å². The van der Waals surface area contributed by atoms with E-state index in [1.807, 2.05) is 25.1 Å². The van der Waals surface area contributed by atoms with Crippen LogP contribution in [0, 0.1) is 18.3 Å². The Hall–Kier alpha value is -1.99. The number of halogens is 1. The smallest absolute Gasteiger partial charge is 0.145 e. The zero-order valence-corrected chi connectivity index (χ0v) is 11.4. The molecule has 3 nitrogen and oxygen atoms in total. The van der Waals surface area contributed by atoms with Crippen molar-refractivity contribution in [3.8, 4) is 17.6 Å². The van der Waals surface area contributed by atoms with Crippen LogP contribution in [-0.2, 0) is 0 Å². The number of ether oxygens (including phenoxy) is 1. The van der Waals surface area contributed by atoms with E-state index in [1.165, 1.54) is 0 Å². The van der Waals surface area contributed by atoms with E-state index in [0.29, 0.717) is 22.7 Å². The summed E-state index contributed by atoms with van der Waals surface area (Å²) in [6, 6.07) is 12.8. The molecule has 2 aromatic carbocycles. The molecule has 2 aromatic rings. The largest absolute Gasteiger partial charge is 0.456 e. The predicted molar refractivity (Wildman–Crippen MR) is 74.5 cm³/mol. The van der Waals surface area contributed by atoms with Gasteiger partial charge in [-0.25, -0.2) is 0 Å². The Morgan fingerprint density at radius 1 is 1.17 bits per heavy atom. The Labute approximate surface area is 114 Å². The summed E-state index contributed by atoms with van der Waals surface area (Å²) in [5.74, 6) is 1.22. The molecule has 0 aliphatic carbocycles. The Kier molecular flexibility index (Phi) is 3.54. The van der Waals surface area contributed by atoms with Crippen LogP contribution in [0.3, 0.4) is 0 Å². The maximum atomic E-state index is 9.05. The lowest BCUT2D eigenvalue weighted by Gasteiger charge is -2.10. The Balaban J connectivity index is 2.40. The Bertz CT molecular complexity index is 632. The van der Waals surface area contributed by atoms with Gasteiger partial charge in [0.05, 0.1) is 5.56 Å². The van der Waals surface area contributed by atoms with E-state index in [9.17, 15) is 0 Å². The molecule has 0 unspecified atom stereocenters. The molecule has 0 saturated carbocycles. The first kappa shape index (κ1) is 12.5. The molecule has 0 fully saturated rings. The van der Waals surface area contributed by atoms with E-state index < -0.39 is 0 Å². The summed E-state index contributed by atoms with van der Waals surface area (Å²) in [5.41, 5.74) is 7.61. The highest BCUT2D eigenvalue weighted by Crippen LogP contribution is 2.30. The van der Waals surface area contributed by atoms with Crippen LogP contribution in [0.4, 0.5) is 5.69 Å². The molecular weight excluding hydrogens is 292 g/mol. The lowest BCUT2D eigenvalue weighted by molar-refractivity contribution is 0.477. The number of benzene rings is 2. The van der Waals surface area contributed by atoms with E-state index in [0.717, 1.165) is 10.0 Å². The molecule has 18 heavy (non-hydrogen) atoms. The van der Waals surface area contributed by atoms with Crippen LogP contribution in [0.1, 0.15) is 11.1 Å². The van der Waals surface area contributed by atoms with Crippen molar-refractivity contribution in [3.05, 3.63) is 52.0 Å². The Morgan fingerprint density at radius 2 is 1.94 bits per heavy atom. The minimum absolute atomic E-state index is 0.425. The van der Waals surface area contributed by atoms with Gasteiger partial charge in [-0.15, -0.1) is 0 Å². The predicted octanol–water partition coefficient (Wildman–Crippen LogP) is 4.00. The first-order valence-electron chi connectivity index (χ1n) is 5.34. The Morgan fingerprint density at radius 3 is 2.67 bits per heavy atom. The van der Waals surface area contributed by atoms with Crippen molar-refractivity contribution < 1.29 is 4.74 Å². The second-order valence-electron chi connectivity index (χ2n) is 3.88. The van der Waals surface area contributed by atoms with Crippen LogP contribution in [-0.4, -0.2) is 0 Å². The summed E-state index contributed by atoms with van der Waals surface area (Å²) >= 11 is 3.39. The fraction of sp³-hybridized carbons (Fsp3) is 0.0714. The van der Waals surface area contributed by atoms with Gasteiger partial charge in [-0.1, -0.05) is 22.0 Å². The number of aryl methyl sites for hydroxylation is 1. The SMILES string of the molecule is Cc1ccc(Br)cc1Oc1ccc(N)cc1C#N. The molecule has 0 bridgehead atoms. The van der Waals surface area contributed by atoms with Gasteiger partial charge in [0.1, 0.15) is 17.6 Å². The molecule has 0 aromatic heterocycles. The maximum Gasteiger partial charge on any atom is 0.145 e. The summed E-state index contributed by atoms with van der Waals surface area (Å²) in [7, 11) is 0. The second-order valence-corrected chi connectivity index (χ2v) is 4.79. The van der Waals surface area contributed by atoms with Gasteiger partial charge in [0.15, 0.2) is 0 Å². The molecule has 4 heteroatoms. The van der Waals surface area contributed by atoms with Crippen molar-refractivity contribution in [3.63, 3.8) is 0 Å². The number of rotatable bonds is 2. The maximum absolute atomic E-state index is 9.05. The van der Waals surface area contributed by atoms with Crippen LogP contribution >= 0.6 is 15.9 Å². The fourth-order valence-electron chi connectivity index (χ4n) is 1.53. The molecule has 0 atom stereocenters. The zero-order chi connectivity index (χ0) is 13.1. The third-order valence-corrected chi connectivity index (χ3v) is 2.99. The molecule has 0 spiro atoms. The number of nitrogens with zero attached hydrogens (tertiary/aromatic N) is 1. The summed E-state index contributed by atoms with van der Waals surface area (Å²) in [6.07, 6.45) is 0. The topological polar surface area (TPSA) is 59.0 Å². The fourth-order valence-corrected chi connectivity index (χ4v) is 1.87. The van der Waals surface area contributed by atoms with Crippen molar-refractivity contribution >= 4 is 21.6 Å². The third-order valence-electron chi connectivity index (χ3n) is 2.49. The average Bonchev–Trinajstić information content (AvgIpc) is 2.36. The monoisotopic (exact) mass is 302 g/mol. The highest BCUT2D eigenvalue weighted by atomic mass is 79.9. The first-order chi connectivity index (χ1) is 8.60. The van der Waals surface area contributed by atoms with Gasteiger partial charge in [0.2, 0.25) is 0 Å². The minimum Gasteiger partial charge on any atom is -0.456 e. The normalized spacial score (nSPS) is 9.83. The minimum atomic E-state index is 0.425. The quantitative estimate of drug-likeness (QED) is 0.853. The number of nitriles is 1. The van der Waals surface area contributed by atoms with Crippen molar-refractivity contribution in [2.24, 2.45) is 0 Å². The average molecular weight is 303 g/mol. The van der Waals surface area contributed by atoms with Crippen molar-refractivity contribution in [1.29, 1.82) is 5.26 Å². The summed E-state index contributed by atoms with van der Waals surface area (Å²) in [6.45, 7) is 1.95. The summed E-state index contributed by atoms with van der Waals surface area (Å²) in [4.78, 5) is 0. The van der Waals surface area contributed by atoms with E-state index in [4.69, 9.17) is 15.7 Å². The number of hydrogen-bond donors (Lipinski definition) is 1. The van der Waals surface area contributed by atoms with Gasteiger partial charge in [0, 0.05) is 10.2 Å². The third kappa shape index (κ3) is 2.63. The standard InChI is InChI=1S/C14H11BrN2O/c1-9-2-3-11(15)7-14(9)18-13-5-4-12(17)6-10(13)8-16/h2-7H,17H2,1H3. The van der Waals surface area contributed by atoms with E-state index in [1.54, 1.807) is 18.2 Å². The molecule has 0 amide bonds. The van der Waals surface area contributed by atoms with Gasteiger partial charge in [-0.2, -0.15) is 5.26 Å². The van der Waals surface area contributed by atoms with Crippen molar-refractivity contribution in [1.82, 2.24) is 0 Å². The molecule has 90 valence electrons. The molecule has 2 N–H and O–H groups in total. The molecule has 0 aliphatic rings. The lowest BCUT2D eigenvalue weighted by atomic mass is 10.2. The van der Waals surface area contributed by atoms with Gasteiger partial charge < -0.3 is 10.5 Å². The van der Waals surface area contributed by atoms with Gasteiger partial charge >= 0.3 is 0 Å². The van der Waals surface area contributed by atoms with Crippen LogP contribution in [0.5, 0.6) is 11.5 Å². The molecule has 0 saturated heterocycles. The van der Waals surface area contributed by atoms with Crippen LogP contribution in [0.25, 0.3) is 0 Å². The van der Waals surface area contributed by atoms with Crippen molar-refractivity contribution in [2.75, 3.05) is 5.73 Å². The number of anilines is 1. The zero-order valence-electron chi connectivity index (χ0n) is 9.77. The summed E-state index contributed by atoms with van der Waals surface area (Å²) < 4.78 is 6.69. The molecule has 2 rings (SSSR count). The van der Waals surface area contributed by atoms with E-state index in [-0.39, 0.29) is 0 Å². The summed E-state index contributed by atoms with van der Waals surface area (Å²) in [5, 5.41) is 9.05. The number of nitrogens with two attached hydrogens (primary N) is 1. The van der Waals surface area contributed by atoms with Gasteiger partial charge in [0.25, 0.3) is 0 Å². The molecule has 0 aliphatic heterocycles. The van der Waals surface area contributed by atoms with Gasteiger partial charge in [-0.05, 0) is 42.8 Å². The van der Waals surface area contributed by atoms with Crippen LogP contribution < -0.4 is 10.5 Å². The number of nitrogen functional groups attached to an aromatic ring is 1. The highest BCUT2D eigenvalue weighted by Gasteiger charge is 2.07. The molecule has 0 heterocycles. The number of hydrogen-bond acceptors (Lipinski definition) is 3. The van der Waals surface area contributed by atoms with Gasteiger partial charge in [-0.3, -0.25) is 0 Å². The second kappa shape index (κ2) is 5.11. The molecule has 0 radical (unpaired) electrons. The molecular formula is C14H11BrN2O. The highest BCUT2D eigenvalue weighted by molar-refractivity contribution is 9.10.